The second-order valence-electron chi connectivity index (χ2n) is 3.69. The minimum Gasteiger partial charge on any atom is -0.395 e. The van der Waals surface area contributed by atoms with E-state index in [1.54, 1.807) is 0 Å². The molecule has 0 radical (unpaired) electrons. The summed E-state index contributed by atoms with van der Waals surface area (Å²) < 4.78 is 0. The standard InChI is InChI=1S/C9H20N2O/c1-4-8-9(7-11(8)3)10(2)5-6-12/h8-9,12H,4-7H2,1-3H3/t8?,9-/m0/s1. The number of nitrogens with zero attached hydrogens (tertiary/aromatic N) is 2. The van der Waals surface area contributed by atoms with Crippen LogP contribution in [0.5, 0.6) is 0 Å². The number of rotatable bonds is 4. The SMILES string of the molecule is CCC1[C@@H](N(C)CCO)CN1C. The van der Waals surface area contributed by atoms with Crippen molar-refractivity contribution < 1.29 is 5.11 Å². The van der Waals surface area contributed by atoms with Crippen LogP contribution in [0.15, 0.2) is 0 Å². The third kappa shape index (κ3) is 1.79. The van der Waals surface area contributed by atoms with Crippen molar-refractivity contribution >= 4 is 0 Å². The van der Waals surface area contributed by atoms with Gasteiger partial charge in [0.05, 0.1) is 6.61 Å². The van der Waals surface area contributed by atoms with Crippen molar-refractivity contribution in [1.29, 1.82) is 0 Å². The molecule has 0 aromatic heterocycles. The fourth-order valence-corrected chi connectivity index (χ4v) is 2.05. The Balaban J connectivity index is 2.33. The van der Waals surface area contributed by atoms with Gasteiger partial charge in [-0.1, -0.05) is 6.92 Å². The lowest BCUT2D eigenvalue weighted by Crippen LogP contribution is -2.64. The Kier molecular flexibility index (Phi) is 3.50. The zero-order valence-corrected chi connectivity index (χ0v) is 8.32. The van der Waals surface area contributed by atoms with Crippen molar-refractivity contribution in [2.24, 2.45) is 0 Å². The van der Waals surface area contributed by atoms with Crippen LogP contribution in [0.4, 0.5) is 0 Å². The monoisotopic (exact) mass is 172 g/mol. The molecule has 1 heterocycles. The van der Waals surface area contributed by atoms with Crippen molar-refractivity contribution in [3.63, 3.8) is 0 Å². The molecule has 1 fully saturated rings. The average molecular weight is 172 g/mol. The Bertz CT molecular complexity index is 140. The first-order chi connectivity index (χ1) is 5.70. The van der Waals surface area contributed by atoms with Gasteiger partial charge in [-0.3, -0.25) is 4.90 Å². The summed E-state index contributed by atoms with van der Waals surface area (Å²) >= 11 is 0. The Morgan fingerprint density at radius 3 is 2.67 bits per heavy atom. The Morgan fingerprint density at radius 1 is 1.58 bits per heavy atom. The smallest absolute Gasteiger partial charge is 0.0558 e. The summed E-state index contributed by atoms with van der Waals surface area (Å²) in [5.74, 6) is 0. The summed E-state index contributed by atoms with van der Waals surface area (Å²) in [5, 5.41) is 8.77. The quantitative estimate of drug-likeness (QED) is 0.647. The first-order valence-electron chi connectivity index (χ1n) is 4.72. The molecule has 0 bridgehead atoms. The molecular weight excluding hydrogens is 152 g/mol. The summed E-state index contributed by atoms with van der Waals surface area (Å²) in [5.41, 5.74) is 0. The molecule has 12 heavy (non-hydrogen) atoms. The summed E-state index contributed by atoms with van der Waals surface area (Å²) in [4.78, 5) is 4.63. The highest BCUT2D eigenvalue weighted by molar-refractivity contribution is 4.94. The molecule has 72 valence electrons. The highest BCUT2D eigenvalue weighted by atomic mass is 16.3. The summed E-state index contributed by atoms with van der Waals surface area (Å²) in [6.45, 7) is 4.44. The molecule has 0 saturated carbocycles. The van der Waals surface area contributed by atoms with Gasteiger partial charge < -0.3 is 10.0 Å². The molecule has 1 saturated heterocycles. The zero-order valence-electron chi connectivity index (χ0n) is 8.32. The van der Waals surface area contributed by atoms with Crippen LogP contribution < -0.4 is 0 Å². The van der Waals surface area contributed by atoms with E-state index in [1.807, 2.05) is 0 Å². The Labute approximate surface area is 75.0 Å². The van der Waals surface area contributed by atoms with Crippen LogP contribution in [0, 0.1) is 0 Å². The Morgan fingerprint density at radius 2 is 2.25 bits per heavy atom. The van der Waals surface area contributed by atoms with Gasteiger partial charge in [-0.15, -0.1) is 0 Å². The fourth-order valence-electron chi connectivity index (χ4n) is 2.05. The summed E-state index contributed by atoms with van der Waals surface area (Å²) in [6.07, 6.45) is 1.21. The normalized spacial score (nSPS) is 30.8. The third-order valence-electron chi connectivity index (χ3n) is 2.92. The van der Waals surface area contributed by atoms with Crippen molar-refractivity contribution in [3.05, 3.63) is 0 Å². The molecule has 1 rings (SSSR count). The van der Waals surface area contributed by atoms with E-state index in [-0.39, 0.29) is 6.61 Å². The molecule has 0 amide bonds. The second kappa shape index (κ2) is 4.21. The van der Waals surface area contributed by atoms with E-state index in [2.05, 4.69) is 30.8 Å². The highest BCUT2D eigenvalue weighted by Crippen LogP contribution is 2.22. The van der Waals surface area contributed by atoms with Crippen LogP contribution in [-0.2, 0) is 0 Å². The first-order valence-corrected chi connectivity index (χ1v) is 4.72. The predicted octanol–water partition coefficient (Wildman–Crippen LogP) is 0.00310. The average Bonchev–Trinajstić information content (AvgIpc) is 2.01. The van der Waals surface area contributed by atoms with Crippen LogP contribution in [-0.4, -0.2) is 60.8 Å². The number of aliphatic hydroxyl groups excluding tert-OH is 1. The minimum atomic E-state index is 0.271. The molecule has 2 atom stereocenters. The highest BCUT2D eigenvalue weighted by Gasteiger charge is 2.36. The first kappa shape index (κ1) is 9.96. The van der Waals surface area contributed by atoms with Crippen molar-refractivity contribution in [2.75, 3.05) is 33.8 Å². The largest absolute Gasteiger partial charge is 0.395 e. The molecule has 1 unspecified atom stereocenters. The molecule has 3 nitrogen and oxygen atoms in total. The molecular formula is C9H20N2O. The van der Waals surface area contributed by atoms with Gasteiger partial charge in [0.25, 0.3) is 0 Å². The molecule has 1 aliphatic heterocycles. The van der Waals surface area contributed by atoms with E-state index in [4.69, 9.17) is 5.11 Å². The molecule has 0 aliphatic carbocycles. The molecule has 0 spiro atoms. The van der Waals surface area contributed by atoms with Gasteiger partial charge in [0.2, 0.25) is 0 Å². The maximum atomic E-state index is 8.77. The van der Waals surface area contributed by atoms with Gasteiger partial charge in [-0.05, 0) is 20.5 Å². The van der Waals surface area contributed by atoms with Crippen LogP contribution >= 0.6 is 0 Å². The summed E-state index contributed by atoms with van der Waals surface area (Å²) in [6, 6.07) is 1.36. The number of aliphatic hydroxyl groups is 1. The van der Waals surface area contributed by atoms with E-state index in [1.165, 1.54) is 6.42 Å². The van der Waals surface area contributed by atoms with Gasteiger partial charge in [0.1, 0.15) is 0 Å². The lowest BCUT2D eigenvalue weighted by Gasteiger charge is -2.49. The molecule has 0 aromatic carbocycles. The Hall–Kier alpha value is -0.120. The van der Waals surface area contributed by atoms with Crippen molar-refractivity contribution in [1.82, 2.24) is 9.80 Å². The minimum absolute atomic E-state index is 0.271. The van der Waals surface area contributed by atoms with Crippen LogP contribution in [0.3, 0.4) is 0 Å². The fraction of sp³-hybridized carbons (Fsp3) is 1.00. The van der Waals surface area contributed by atoms with Crippen molar-refractivity contribution in [3.8, 4) is 0 Å². The van der Waals surface area contributed by atoms with Gasteiger partial charge in [0, 0.05) is 25.2 Å². The maximum Gasteiger partial charge on any atom is 0.0558 e. The molecule has 1 N–H and O–H groups in total. The van der Waals surface area contributed by atoms with Gasteiger partial charge >= 0.3 is 0 Å². The van der Waals surface area contributed by atoms with E-state index in [0.29, 0.717) is 12.1 Å². The van der Waals surface area contributed by atoms with Crippen molar-refractivity contribution in [2.45, 2.75) is 25.4 Å². The van der Waals surface area contributed by atoms with Gasteiger partial charge in [0.15, 0.2) is 0 Å². The number of likely N-dealkylation sites (tertiary alicyclic amines) is 1. The van der Waals surface area contributed by atoms with Crippen LogP contribution in [0.25, 0.3) is 0 Å². The van der Waals surface area contributed by atoms with E-state index in [9.17, 15) is 0 Å². The molecule has 3 heteroatoms. The third-order valence-corrected chi connectivity index (χ3v) is 2.92. The summed E-state index contributed by atoms with van der Waals surface area (Å²) in [7, 11) is 4.26. The lowest BCUT2D eigenvalue weighted by atomic mass is 9.94. The van der Waals surface area contributed by atoms with E-state index >= 15 is 0 Å². The van der Waals surface area contributed by atoms with Crippen LogP contribution in [0.2, 0.25) is 0 Å². The van der Waals surface area contributed by atoms with Gasteiger partial charge in [-0.2, -0.15) is 0 Å². The zero-order chi connectivity index (χ0) is 9.14. The predicted molar refractivity (Wildman–Crippen MR) is 50.2 cm³/mol. The lowest BCUT2D eigenvalue weighted by molar-refractivity contribution is -0.00658. The number of hydrogen-bond donors (Lipinski definition) is 1. The number of hydrogen-bond acceptors (Lipinski definition) is 3. The maximum absolute atomic E-state index is 8.77. The molecule has 1 aliphatic rings. The number of likely N-dealkylation sites (N-methyl/N-ethyl adjacent to an activating group) is 2. The topological polar surface area (TPSA) is 26.7 Å². The van der Waals surface area contributed by atoms with Crippen LogP contribution in [0.1, 0.15) is 13.3 Å². The van der Waals surface area contributed by atoms with E-state index < -0.39 is 0 Å². The molecule has 0 aromatic rings. The second-order valence-corrected chi connectivity index (χ2v) is 3.69. The van der Waals surface area contributed by atoms with E-state index in [0.717, 1.165) is 13.1 Å². The van der Waals surface area contributed by atoms with Gasteiger partial charge in [-0.25, -0.2) is 0 Å².